The van der Waals surface area contributed by atoms with Gasteiger partial charge in [0, 0.05) is 31.6 Å². The third kappa shape index (κ3) is 8.28. The number of hydrogen-bond acceptors (Lipinski definition) is 5. The molecule has 0 aliphatic rings. The van der Waals surface area contributed by atoms with Crippen LogP contribution in [0.3, 0.4) is 0 Å². The average molecular weight is 527 g/mol. The molecule has 0 spiro atoms. The minimum absolute atomic E-state index is 0.0126. The number of unbranched alkanes of at least 4 members (excludes halogenated alkanes) is 1. The lowest BCUT2D eigenvalue weighted by Crippen LogP contribution is -2.36. The number of urea groups is 1. The van der Waals surface area contributed by atoms with Crippen LogP contribution in [0.4, 0.5) is 4.79 Å². The van der Waals surface area contributed by atoms with Crippen molar-refractivity contribution < 1.29 is 19.1 Å². The summed E-state index contributed by atoms with van der Waals surface area (Å²) in [6.45, 7) is 2.32. The second-order valence-electron chi connectivity index (χ2n) is 9.37. The van der Waals surface area contributed by atoms with Gasteiger partial charge in [-0.15, -0.1) is 0 Å². The number of nitrogens with one attached hydrogen (secondary N) is 3. The SMILES string of the molecule is NC(=O)NC(=O)Cc1cc2ccccc2cc1OCCCCNC(=O)CCNCc1cccc2ccccc12. The standard InChI is InChI=1S/C31H34N4O4/c32-31(38)35-30(37)20-26-18-23-9-1-2-10-24(23)19-28(26)39-17-6-5-15-34-29(36)14-16-33-21-25-12-7-11-22-8-3-4-13-27(22)25/h1-4,7-13,18-19,33H,5-6,14-17,20-21H2,(H,34,36)(H3,32,35,37,38). The lowest BCUT2D eigenvalue weighted by Gasteiger charge is -2.13. The molecule has 0 radical (unpaired) electrons. The van der Waals surface area contributed by atoms with Crippen LogP contribution in [0.25, 0.3) is 21.5 Å². The van der Waals surface area contributed by atoms with Gasteiger partial charge in [-0.2, -0.15) is 0 Å². The summed E-state index contributed by atoms with van der Waals surface area (Å²) in [4.78, 5) is 35.3. The molecule has 0 saturated heterocycles. The lowest BCUT2D eigenvalue weighted by molar-refractivity contribution is -0.121. The first-order valence-corrected chi connectivity index (χ1v) is 13.2. The number of nitrogens with two attached hydrogens (primary N) is 1. The van der Waals surface area contributed by atoms with Gasteiger partial charge in [-0.25, -0.2) is 4.79 Å². The van der Waals surface area contributed by atoms with Gasteiger partial charge < -0.3 is 21.1 Å². The molecule has 5 N–H and O–H groups in total. The van der Waals surface area contributed by atoms with Crippen LogP contribution in [-0.4, -0.2) is 37.5 Å². The molecular formula is C31H34N4O4. The van der Waals surface area contributed by atoms with Gasteiger partial charge >= 0.3 is 6.03 Å². The molecular weight excluding hydrogens is 492 g/mol. The van der Waals surface area contributed by atoms with Crippen LogP contribution in [0.5, 0.6) is 5.75 Å². The summed E-state index contributed by atoms with van der Waals surface area (Å²) in [6.07, 6.45) is 1.89. The fourth-order valence-corrected chi connectivity index (χ4v) is 4.49. The summed E-state index contributed by atoms with van der Waals surface area (Å²) in [7, 11) is 0. The predicted molar refractivity (Wildman–Crippen MR) is 153 cm³/mol. The number of rotatable bonds is 13. The Balaban J connectivity index is 1.16. The van der Waals surface area contributed by atoms with Gasteiger partial charge in [-0.3, -0.25) is 14.9 Å². The molecule has 0 aliphatic carbocycles. The number of imide groups is 1. The minimum Gasteiger partial charge on any atom is -0.493 e. The fourth-order valence-electron chi connectivity index (χ4n) is 4.49. The van der Waals surface area contributed by atoms with Gasteiger partial charge in [0.05, 0.1) is 13.0 Å². The average Bonchev–Trinajstić information content (AvgIpc) is 2.92. The van der Waals surface area contributed by atoms with Crippen molar-refractivity contribution in [1.29, 1.82) is 0 Å². The number of carbonyl (C=O) groups is 3. The number of amides is 4. The van der Waals surface area contributed by atoms with E-state index in [1.54, 1.807) is 0 Å². The minimum atomic E-state index is -0.883. The van der Waals surface area contributed by atoms with E-state index in [0.29, 0.717) is 44.0 Å². The van der Waals surface area contributed by atoms with Gasteiger partial charge in [-0.1, -0.05) is 66.7 Å². The number of ether oxygens (including phenoxy) is 1. The normalized spacial score (nSPS) is 10.9. The van der Waals surface area contributed by atoms with E-state index in [-0.39, 0.29) is 12.3 Å². The van der Waals surface area contributed by atoms with Gasteiger partial charge in [0.15, 0.2) is 0 Å². The van der Waals surface area contributed by atoms with Crippen molar-refractivity contribution in [3.05, 3.63) is 90.0 Å². The molecule has 8 nitrogen and oxygen atoms in total. The molecule has 4 amide bonds. The lowest BCUT2D eigenvalue weighted by atomic mass is 10.0. The highest BCUT2D eigenvalue weighted by Gasteiger charge is 2.12. The number of benzene rings is 4. The van der Waals surface area contributed by atoms with Crippen molar-refractivity contribution in [3.8, 4) is 5.75 Å². The highest BCUT2D eigenvalue weighted by atomic mass is 16.5. The number of hydrogen-bond donors (Lipinski definition) is 4. The largest absolute Gasteiger partial charge is 0.493 e. The molecule has 0 heterocycles. The van der Waals surface area contributed by atoms with E-state index in [2.05, 4.69) is 46.3 Å². The van der Waals surface area contributed by atoms with E-state index in [1.165, 1.54) is 16.3 Å². The van der Waals surface area contributed by atoms with Crippen molar-refractivity contribution in [2.45, 2.75) is 32.2 Å². The van der Waals surface area contributed by atoms with Crippen LogP contribution < -0.4 is 26.4 Å². The Hall–Kier alpha value is -4.43. The summed E-state index contributed by atoms with van der Waals surface area (Å²) in [5.41, 5.74) is 6.96. The van der Waals surface area contributed by atoms with Crippen molar-refractivity contribution >= 4 is 39.4 Å². The Kier molecular flexibility index (Phi) is 9.85. The third-order valence-electron chi connectivity index (χ3n) is 6.42. The van der Waals surface area contributed by atoms with Crippen molar-refractivity contribution in [2.75, 3.05) is 19.7 Å². The van der Waals surface area contributed by atoms with Gasteiger partial charge in [0.1, 0.15) is 5.75 Å². The number of primary amides is 1. The van der Waals surface area contributed by atoms with E-state index in [0.717, 1.165) is 23.6 Å². The zero-order valence-electron chi connectivity index (χ0n) is 21.9. The highest BCUT2D eigenvalue weighted by Crippen LogP contribution is 2.27. The Bertz CT molecular complexity index is 1450. The molecule has 4 aromatic carbocycles. The van der Waals surface area contributed by atoms with Crippen LogP contribution in [0.15, 0.2) is 78.9 Å². The van der Waals surface area contributed by atoms with Crippen LogP contribution in [0.2, 0.25) is 0 Å². The molecule has 0 fully saturated rings. The molecule has 4 rings (SSSR count). The Labute approximate surface area is 227 Å². The second-order valence-corrected chi connectivity index (χ2v) is 9.37. The zero-order valence-corrected chi connectivity index (χ0v) is 21.9. The quantitative estimate of drug-likeness (QED) is 0.195. The first-order valence-electron chi connectivity index (χ1n) is 13.2. The van der Waals surface area contributed by atoms with Gasteiger partial charge in [-0.05, 0) is 52.1 Å². The molecule has 8 heteroatoms. The molecule has 202 valence electrons. The topological polar surface area (TPSA) is 123 Å². The zero-order chi connectivity index (χ0) is 27.5. The maximum absolute atomic E-state index is 12.2. The van der Waals surface area contributed by atoms with E-state index >= 15 is 0 Å². The Morgan fingerprint density at radius 1 is 0.744 bits per heavy atom. The summed E-state index contributed by atoms with van der Waals surface area (Å²) in [5, 5.41) is 12.8. The first-order chi connectivity index (χ1) is 19.0. The molecule has 0 bridgehead atoms. The smallest absolute Gasteiger partial charge is 0.318 e. The molecule has 0 atom stereocenters. The number of carbonyl (C=O) groups excluding carboxylic acids is 3. The summed E-state index contributed by atoms with van der Waals surface area (Å²) in [6, 6.07) is 25.2. The fraction of sp³-hybridized carbons (Fsp3) is 0.258. The summed E-state index contributed by atoms with van der Waals surface area (Å²) >= 11 is 0. The van der Waals surface area contributed by atoms with E-state index in [4.69, 9.17) is 10.5 Å². The van der Waals surface area contributed by atoms with Crippen LogP contribution >= 0.6 is 0 Å². The Morgan fingerprint density at radius 2 is 1.46 bits per heavy atom. The van der Waals surface area contributed by atoms with Crippen LogP contribution in [-0.2, 0) is 22.6 Å². The van der Waals surface area contributed by atoms with Crippen molar-refractivity contribution in [2.24, 2.45) is 5.73 Å². The predicted octanol–water partition coefficient (Wildman–Crippen LogP) is 4.19. The molecule has 4 aromatic rings. The van der Waals surface area contributed by atoms with Crippen molar-refractivity contribution in [3.63, 3.8) is 0 Å². The van der Waals surface area contributed by atoms with E-state index in [9.17, 15) is 14.4 Å². The highest BCUT2D eigenvalue weighted by molar-refractivity contribution is 5.95. The van der Waals surface area contributed by atoms with Crippen LogP contribution in [0.1, 0.15) is 30.4 Å². The summed E-state index contributed by atoms with van der Waals surface area (Å²) < 4.78 is 5.99. The van der Waals surface area contributed by atoms with E-state index < -0.39 is 11.9 Å². The third-order valence-corrected chi connectivity index (χ3v) is 6.42. The maximum Gasteiger partial charge on any atom is 0.318 e. The Morgan fingerprint density at radius 3 is 2.26 bits per heavy atom. The molecule has 39 heavy (non-hydrogen) atoms. The summed E-state index contributed by atoms with van der Waals surface area (Å²) in [5.74, 6) is 0.116. The van der Waals surface area contributed by atoms with E-state index in [1.807, 2.05) is 48.5 Å². The second kappa shape index (κ2) is 13.9. The van der Waals surface area contributed by atoms with Crippen molar-refractivity contribution in [1.82, 2.24) is 16.0 Å². The maximum atomic E-state index is 12.2. The molecule has 0 unspecified atom stereocenters. The molecule has 0 aromatic heterocycles. The van der Waals surface area contributed by atoms with Crippen LogP contribution in [0, 0.1) is 0 Å². The molecule has 0 aliphatic heterocycles. The first kappa shape index (κ1) is 27.6. The monoisotopic (exact) mass is 526 g/mol. The van der Waals surface area contributed by atoms with Gasteiger partial charge in [0.25, 0.3) is 0 Å². The van der Waals surface area contributed by atoms with Gasteiger partial charge in [0.2, 0.25) is 11.8 Å². The number of fused-ring (bicyclic) bond motifs is 2. The molecule has 0 saturated carbocycles.